The molecule has 0 atom stereocenters. The Morgan fingerprint density at radius 3 is 2.23 bits per heavy atom. The predicted octanol–water partition coefficient (Wildman–Crippen LogP) is 2.99. The van der Waals surface area contributed by atoms with Gasteiger partial charge in [0.1, 0.15) is 0 Å². The third-order valence-electron chi connectivity index (χ3n) is 5.47. The molecule has 2 amide bonds. The molecular weight excluding hydrogens is 384 g/mol. The molecule has 0 unspecified atom stereocenters. The Balaban J connectivity index is 1.40. The molecule has 4 rings (SSSR count). The molecular formula is C23H22N2O5. The molecule has 1 aliphatic rings. The van der Waals surface area contributed by atoms with Gasteiger partial charge in [0, 0.05) is 30.3 Å². The van der Waals surface area contributed by atoms with Gasteiger partial charge in [-0.05, 0) is 41.8 Å². The maximum Gasteiger partial charge on any atom is 0.254 e. The number of likely N-dealkylation sites (tertiary alicyclic amines) is 1. The van der Waals surface area contributed by atoms with E-state index in [9.17, 15) is 24.9 Å². The summed E-state index contributed by atoms with van der Waals surface area (Å²) in [7, 11) is 0. The highest BCUT2D eigenvalue weighted by atomic mass is 16.3. The molecule has 0 aliphatic carbocycles. The second-order valence-corrected chi connectivity index (χ2v) is 7.43. The second kappa shape index (κ2) is 7.94. The Labute approximate surface area is 173 Å². The van der Waals surface area contributed by atoms with E-state index < -0.39 is 17.2 Å². The summed E-state index contributed by atoms with van der Waals surface area (Å²) in [5, 5.41) is 33.7. The molecule has 1 heterocycles. The lowest BCUT2D eigenvalue weighted by atomic mass is 10.0. The fourth-order valence-corrected chi connectivity index (χ4v) is 3.82. The summed E-state index contributed by atoms with van der Waals surface area (Å²) < 4.78 is 0. The Kier molecular flexibility index (Phi) is 5.18. The van der Waals surface area contributed by atoms with Crippen molar-refractivity contribution in [2.45, 2.75) is 18.9 Å². The quantitative estimate of drug-likeness (QED) is 0.500. The molecule has 0 bridgehead atoms. The SMILES string of the molecule is O=C(NC1CCN(C(=O)c2cc(O)c(O)c(O)c2)CC1)c1cccc2ccccc12. The largest absolute Gasteiger partial charge is 0.504 e. The van der Waals surface area contributed by atoms with Gasteiger partial charge in [-0.1, -0.05) is 36.4 Å². The number of carbonyl (C=O) groups excluding carboxylic acids is 2. The molecule has 1 aliphatic heterocycles. The highest BCUT2D eigenvalue weighted by Crippen LogP contribution is 2.35. The minimum atomic E-state index is -0.651. The van der Waals surface area contributed by atoms with Gasteiger partial charge < -0.3 is 25.5 Å². The van der Waals surface area contributed by atoms with Gasteiger partial charge in [-0.3, -0.25) is 9.59 Å². The number of amides is 2. The van der Waals surface area contributed by atoms with Gasteiger partial charge in [-0.2, -0.15) is 0 Å². The monoisotopic (exact) mass is 406 g/mol. The zero-order chi connectivity index (χ0) is 21.3. The van der Waals surface area contributed by atoms with Crippen molar-refractivity contribution in [3.8, 4) is 17.2 Å². The van der Waals surface area contributed by atoms with Crippen LogP contribution in [-0.4, -0.2) is 51.2 Å². The lowest BCUT2D eigenvalue weighted by Crippen LogP contribution is -2.46. The molecule has 0 saturated carbocycles. The minimum Gasteiger partial charge on any atom is -0.504 e. The first-order valence-corrected chi connectivity index (χ1v) is 9.77. The van der Waals surface area contributed by atoms with E-state index in [1.54, 1.807) is 11.0 Å². The van der Waals surface area contributed by atoms with E-state index in [1.165, 1.54) is 0 Å². The van der Waals surface area contributed by atoms with Crippen LogP contribution in [0.4, 0.5) is 0 Å². The van der Waals surface area contributed by atoms with E-state index in [4.69, 9.17) is 0 Å². The Morgan fingerprint density at radius 2 is 1.53 bits per heavy atom. The molecule has 7 nitrogen and oxygen atoms in total. The molecule has 4 N–H and O–H groups in total. The standard InChI is InChI=1S/C23H22N2O5/c26-19-12-15(13-20(27)21(19)28)23(30)25-10-8-16(9-11-25)24-22(29)18-7-3-5-14-4-1-2-6-17(14)18/h1-7,12-13,16,26-28H,8-11H2,(H,24,29). The number of piperidine rings is 1. The minimum absolute atomic E-state index is 0.0536. The number of aromatic hydroxyl groups is 3. The number of nitrogens with one attached hydrogen (secondary N) is 1. The zero-order valence-corrected chi connectivity index (χ0v) is 16.2. The van der Waals surface area contributed by atoms with Gasteiger partial charge in [0.15, 0.2) is 17.2 Å². The molecule has 1 saturated heterocycles. The predicted molar refractivity (Wildman–Crippen MR) is 112 cm³/mol. The van der Waals surface area contributed by atoms with E-state index in [-0.39, 0.29) is 23.4 Å². The topological polar surface area (TPSA) is 110 Å². The first-order valence-electron chi connectivity index (χ1n) is 9.77. The number of nitrogens with zero attached hydrogens (tertiary/aromatic N) is 1. The van der Waals surface area contributed by atoms with Gasteiger partial charge in [0.25, 0.3) is 11.8 Å². The Morgan fingerprint density at radius 1 is 0.900 bits per heavy atom. The summed E-state index contributed by atoms with van der Waals surface area (Å²) >= 11 is 0. The number of rotatable bonds is 3. The van der Waals surface area contributed by atoms with E-state index in [0.717, 1.165) is 22.9 Å². The van der Waals surface area contributed by atoms with Crippen molar-refractivity contribution in [1.82, 2.24) is 10.2 Å². The van der Waals surface area contributed by atoms with E-state index in [1.807, 2.05) is 36.4 Å². The van der Waals surface area contributed by atoms with Crippen LogP contribution in [-0.2, 0) is 0 Å². The summed E-state index contributed by atoms with van der Waals surface area (Å²) in [5.41, 5.74) is 0.725. The van der Waals surface area contributed by atoms with Gasteiger partial charge in [-0.15, -0.1) is 0 Å². The van der Waals surface area contributed by atoms with Gasteiger partial charge >= 0.3 is 0 Å². The summed E-state index contributed by atoms with van der Waals surface area (Å²) in [6, 6.07) is 15.6. The van der Waals surface area contributed by atoms with Crippen molar-refractivity contribution in [3.63, 3.8) is 0 Å². The van der Waals surface area contributed by atoms with Gasteiger partial charge in [-0.25, -0.2) is 0 Å². The molecule has 0 aromatic heterocycles. The van der Waals surface area contributed by atoms with Crippen LogP contribution in [0, 0.1) is 0 Å². The maximum absolute atomic E-state index is 12.8. The molecule has 1 fully saturated rings. The third-order valence-corrected chi connectivity index (χ3v) is 5.47. The van der Waals surface area contributed by atoms with Gasteiger partial charge in [0.05, 0.1) is 0 Å². The first-order chi connectivity index (χ1) is 14.4. The van der Waals surface area contributed by atoms with Crippen LogP contribution in [0.15, 0.2) is 54.6 Å². The van der Waals surface area contributed by atoms with E-state index in [0.29, 0.717) is 31.5 Å². The number of hydrogen-bond acceptors (Lipinski definition) is 5. The fourth-order valence-electron chi connectivity index (χ4n) is 3.82. The maximum atomic E-state index is 12.8. The molecule has 0 radical (unpaired) electrons. The normalized spacial score (nSPS) is 14.6. The van der Waals surface area contributed by atoms with Crippen LogP contribution >= 0.6 is 0 Å². The van der Waals surface area contributed by atoms with Crippen LogP contribution in [0.2, 0.25) is 0 Å². The lowest BCUT2D eigenvalue weighted by molar-refractivity contribution is 0.0697. The number of phenolic OH excluding ortho intramolecular Hbond substituents is 3. The van der Waals surface area contributed by atoms with E-state index >= 15 is 0 Å². The van der Waals surface area contributed by atoms with Crippen molar-refractivity contribution in [2.24, 2.45) is 0 Å². The summed E-state index contributed by atoms with van der Waals surface area (Å²) in [5.74, 6) is -2.23. The number of phenols is 3. The second-order valence-electron chi connectivity index (χ2n) is 7.43. The van der Waals surface area contributed by atoms with Crippen LogP contribution in [0.5, 0.6) is 17.2 Å². The molecule has 30 heavy (non-hydrogen) atoms. The van der Waals surface area contributed by atoms with Crippen LogP contribution in [0.3, 0.4) is 0 Å². The van der Waals surface area contributed by atoms with Crippen LogP contribution in [0.1, 0.15) is 33.6 Å². The molecule has 3 aromatic rings. The van der Waals surface area contributed by atoms with Crippen molar-refractivity contribution < 1.29 is 24.9 Å². The van der Waals surface area contributed by atoms with Gasteiger partial charge in [0.2, 0.25) is 0 Å². The number of hydrogen-bond donors (Lipinski definition) is 4. The smallest absolute Gasteiger partial charge is 0.254 e. The van der Waals surface area contributed by atoms with E-state index in [2.05, 4.69) is 5.32 Å². The highest BCUT2D eigenvalue weighted by Gasteiger charge is 2.26. The molecule has 154 valence electrons. The lowest BCUT2D eigenvalue weighted by Gasteiger charge is -2.32. The van der Waals surface area contributed by atoms with Crippen molar-refractivity contribution >= 4 is 22.6 Å². The molecule has 3 aromatic carbocycles. The first kappa shape index (κ1) is 19.6. The van der Waals surface area contributed by atoms with Crippen molar-refractivity contribution in [2.75, 3.05) is 13.1 Å². The zero-order valence-electron chi connectivity index (χ0n) is 16.2. The molecule has 7 heteroatoms. The Hall–Kier alpha value is -3.74. The third kappa shape index (κ3) is 3.74. The van der Waals surface area contributed by atoms with Crippen molar-refractivity contribution in [1.29, 1.82) is 0 Å². The average Bonchev–Trinajstić information content (AvgIpc) is 2.76. The number of fused-ring (bicyclic) bond motifs is 1. The number of benzene rings is 3. The summed E-state index contributed by atoms with van der Waals surface area (Å²) in [4.78, 5) is 27.0. The summed E-state index contributed by atoms with van der Waals surface area (Å²) in [6.45, 7) is 0.865. The van der Waals surface area contributed by atoms with Crippen molar-refractivity contribution in [3.05, 3.63) is 65.7 Å². The van der Waals surface area contributed by atoms with Crippen LogP contribution < -0.4 is 5.32 Å². The Bertz CT molecular complexity index is 1090. The van der Waals surface area contributed by atoms with Crippen LogP contribution in [0.25, 0.3) is 10.8 Å². The average molecular weight is 406 g/mol. The fraction of sp³-hybridized carbons (Fsp3) is 0.217. The number of carbonyl (C=O) groups is 2. The molecule has 0 spiro atoms. The highest BCUT2D eigenvalue weighted by molar-refractivity contribution is 6.07. The summed E-state index contributed by atoms with van der Waals surface area (Å²) in [6.07, 6.45) is 1.19.